The highest BCUT2D eigenvalue weighted by molar-refractivity contribution is 5.96. The molecule has 1 heterocycles. The van der Waals surface area contributed by atoms with E-state index >= 15 is 0 Å². The van der Waals surface area contributed by atoms with Gasteiger partial charge in [0, 0.05) is 19.2 Å². The van der Waals surface area contributed by atoms with E-state index in [9.17, 15) is 9.59 Å². The van der Waals surface area contributed by atoms with E-state index in [-0.39, 0.29) is 11.8 Å². The van der Waals surface area contributed by atoms with E-state index in [0.717, 1.165) is 16.9 Å². The van der Waals surface area contributed by atoms with Crippen molar-refractivity contribution in [1.29, 1.82) is 0 Å². The Balaban J connectivity index is 1.63. The zero-order chi connectivity index (χ0) is 19.1. The van der Waals surface area contributed by atoms with Crippen molar-refractivity contribution in [3.63, 3.8) is 0 Å². The van der Waals surface area contributed by atoms with Crippen molar-refractivity contribution in [2.45, 2.75) is 26.0 Å². The number of amides is 2. The van der Waals surface area contributed by atoms with Gasteiger partial charge in [-0.25, -0.2) is 0 Å². The van der Waals surface area contributed by atoms with Gasteiger partial charge in [-0.3, -0.25) is 9.59 Å². The highest BCUT2D eigenvalue weighted by Crippen LogP contribution is 2.17. The van der Waals surface area contributed by atoms with Crippen LogP contribution < -0.4 is 10.1 Å². The molecule has 140 valence electrons. The fourth-order valence-electron chi connectivity index (χ4n) is 3.10. The Morgan fingerprint density at radius 1 is 1.22 bits per heavy atom. The van der Waals surface area contributed by atoms with Crippen LogP contribution in [0.25, 0.3) is 6.08 Å². The van der Waals surface area contributed by atoms with Gasteiger partial charge in [-0.05, 0) is 35.8 Å². The Kier molecular flexibility index (Phi) is 6.26. The molecular formula is C22H24N2O3. The lowest BCUT2D eigenvalue weighted by Gasteiger charge is -2.33. The summed E-state index contributed by atoms with van der Waals surface area (Å²) in [7, 11) is 0. The van der Waals surface area contributed by atoms with Crippen LogP contribution in [-0.2, 0) is 16.2 Å². The van der Waals surface area contributed by atoms with Crippen LogP contribution in [0, 0.1) is 0 Å². The van der Waals surface area contributed by atoms with Gasteiger partial charge in [0.25, 0.3) is 0 Å². The molecule has 1 fully saturated rings. The molecule has 2 aromatic rings. The van der Waals surface area contributed by atoms with Crippen molar-refractivity contribution in [2.24, 2.45) is 0 Å². The molecule has 0 spiro atoms. The van der Waals surface area contributed by atoms with Crippen molar-refractivity contribution >= 4 is 17.9 Å². The number of hydrogen-bond donors (Lipinski definition) is 1. The topological polar surface area (TPSA) is 58.6 Å². The fraction of sp³-hybridized carbons (Fsp3) is 0.273. The lowest BCUT2D eigenvalue weighted by Crippen LogP contribution is -2.56. The number of carbonyl (C=O) groups excluding carboxylic acids is 2. The minimum absolute atomic E-state index is 0.0817. The van der Waals surface area contributed by atoms with Gasteiger partial charge in [0.05, 0.1) is 0 Å². The second-order valence-electron chi connectivity index (χ2n) is 6.43. The average molecular weight is 364 g/mol. The summed E-state index contributed by atoms with van der Waals surface area (Å²) >= 11 is 0. The van der Waals surface area contributed by atoms with E-state index in [1.807, 2.05) is 61.5 Å². The van der Waals surface area contributed by atoms with Crippen molar-refractivity contribution in [2.75, 3.05) is 13.1 Å². The first-order valence-corrected chi connectivity index (χ1v) is 9.20. The van der Waals surface area contributed by atoms with E-state index in [0.29, 0.717) is 26.1 Å². The van der Waals surface area contributed by atoms with E-state index in [1.165, 1.54) is 6.08 Å². The van der Waals surface area contributed by atoms with Crippen molar-refractivity contribution < 1.29 is 14.3 Å². The highest BCUT2D eigenvalue weighted by Gasteiger charge is 2.30. The maximum absolute atomic E-state index is 12.5. The smallest absolute Gasteiger partial charge is 0.247 e. The van der Waals surface area contributed by atoms with Crippen LogP contribution in [-0.4, -0.2) is 35.8 Å². The lowest BCUT2D eigenvalue weighted by atomic mass is 10.1. The van der Waals surface area contributed by atoms with Gasteiger partial charge < -0.3 is 15.0 Å². The first kappa shape index (κ1) is 18.7. The van der Waals surface area contributed by atoms with E-state index in [4.69, 9.17) is 4.74 Å². The normalized spacial score (nSPS) is 17.0. The summed E-state index contributed by atoms with van der Waals surface area (Å²) in [6.45, 7) is 3.44. The molecule has 0 aliphatic carbocycles. The molecule has 1 atom stereocenters. The minimum Gasteiger partial charge on any atom is -0.489 e. The van der Waals surface area contributed by atoms with Gasteiger partial charge >= 0.3 is 0 Å². The largest absolute Gasteiger partial charge is 0.489 e. The summed E-state index contributed by atoms with van der Waals surface area (Å²) < 4.78 is 5.82. The molecule has 1 unspecified atom stereocenters. The zero-order valence-electron chi connectivity index (χ0n) is 15.4. The lowest BCUT2D eigenvalue weighted by molar-refractivity contribution is -0.140. The van der Waals surface area contributed by atoms with Gasteiger partial charge in [-0.1, -0.05) is 49.4 Å². The molecule has 1 N–H and O–H groups in total. The highest BCUT2D eigenvalue weighted by atomic mass is 16.5. The van der Waals surface area contributed by atoms with E-state index < -0.39 is 6.04 Å². The summed E-state index contributed by atoms with van der Waals surface area (Å²) in [5.41, 5.74) is 1.98. The molecule has 5 nitrogen and oxygen atoms in total. The first-order chi connectivity index (χ1) is 13.2. The number of hydrogen-bond acceptors (Lipinski definition) is 3. The van der Waals surface area contributed by atoms with Gasteiger partial charge in [0.15, 0.2) is 0 Å². The maximum Gasteiger partial charge on any atom is 0.247 e. The fourth-order valence-corrected chi connectivity index (χ4v) is 3.10. The third-order valence-electron chi connectivity index (χ3n) is 4.53. The number of ether oxygens (including phenoxy) is 1. The molecular weight excluding hydrogens is 340 g/mol. The Morgan fingerprint density at radius 2 is 2.04 bits per heavy atom. The van der Waals surface area contributed by atoms with Crippen LogP contribution in [0.1, 0.15) is 24.5 Å². The third-order valence-corrected chi connectivity index (χ3v) is 4.53. The second-order valence-corrected chi connectivity index (χ2v) is 6.43. The van der Waals surface area contributed by atoms with Crippen LogP contribution in [0.15, 0.2) is 60.7 Å². The van der Waals surface area contributed by atoms with Crippen LogP contribution in [0.2, 0.25) is 0 Å². The molecule has 0 saturated carbocycles. The van der Waals surface area contributed by atoms with Gasteiger partial charge in [-0.2, -0.15) is 0 Å². The standard InChI is InChI=1S/C22H24N2O3/c1-2-20-22(26)23-13-14-24(20)21(25)12-11-17-9-6-10-19(15-17)27-16-18-7-4-3-5-8-18/h3-12,15,20H,2,13-14,16H2,1H3,(H,23,26). The summed E-state index contributed by atoms with van der Waals surface area (Å²) in [4.78, 5) is 26.0. The Labute approximate surface area is 159 Å². The van der Waals surface area contributed by atoms with Crippen LogP contribution >= 0.6 is 0 Å². The molecule has 5 heteroatoms. The van der Waals surface area contributed by atoms with Crippen molar-refractivity contribution in [3.8, 4) is 5.75 Å². The maximum atomic E-state index is 12.5. The molecule has 0 aromatic heterocycles. The Morgan fingerprint density at radius 3 is 2.81 bits per heavy atom. The Bertz CT molecular complexity index is 817. The summed E-state index contributed by atoms with van der Waals surface area (Å²) in [6, 6.07) is 17.2. The second kappa shape index (κ2) is 9.03. The van der Waals surface area contributed by atoms with Crippen LogP contribution in [0.5, 0.6) is 5.75 Å². The average Bonchev–Trinajstić information content (AvgIpc) is 2.71. The monoisotopic (exact) mass is 364 g/mol. The molecule has 2 aromatic carbocycles. The number of benzene rings is 2. The molecule has 3 rings (SSSR count). The molecule has 1 saturated heterocycles. The van der Waals surface area contributed by atoms with Gasteiger partial charge in [-0.15, -0.1) is 0 Å². The molecule has 27 heavy (non-hydrogen) atoms. The number of carbonyl (C=O) groups is 2. The van der Waals surface area contributed by atoms with Crippen LogP contribution in [0.4, 0.5) is 0 Å². The third kappa shape index (κ3) is 4.97. The molecule has 1 aliphatic rings. The molecule has 0 radical (unpaired) electrons. The molecule has 0 bridgehead atoms. The van der Waals surface area contributed by atoms with Crippen molar-refractivity contribution in [3.05, 3.63) is 71.8 Å². The molecule has 1 aliphatic heterocycles. The molecule has 2 amide bonds. The van der Waals surface area contributed by atoms with E-state index in [1.54, 1.807) is 11.0 Å². The number of piperazine rings is 1. The van der Waals surface area contributed by atoms with Gasteiger partial charge in [0.1, 0.15) is 18.4 Å². The summed E-state index contributed by atoms with van der Waals surface area (Å²) in [5.74, 6) is 0.520. The van der Waals surface area contributed by atoms with Crippen LogP contribution in [0.3, 0.4) is 0 Å². The minimum atomic E-state index is -0.392. The predicted molar refractivity (Wildman–Crippen MR) is 105 cm³/mol. The summed E-state index contributed by atoms with van der Waals surface area (Å²) in [5, 5.41) is 2.80. The van der Waals surface area contributed by atoms with Crippen molar-refractivity contribution in [1.82, 2.24) is 10.2 Å². The number of rotatable bonds is 6. The Hall–Kier alpha value is -3.08. The quantitative estimate of drug-likeness (QED) is 0.802. The SMILES string of the molecule is CCC1C(=O)NCCN1C(=O)C=Cc1cccc(OCc2ccccc2)c1. The zero-order valence-corrected chi connectivity index (χ0v) is 15.4. The summed E-state index contributed by atoms with van der Waals surface area (Å²) in [6.07, 6.45) is 3.89. The number of nitrogens with one attached hydrogen (secondary N) is 1. The first-order valence-electron chi connectivity index (χ1n) is 9.20. The van der Waals surface area contributed by atoms with Gasteiger partial charge in [0.2, 0.25) is 11.8 Å². The predicted octanol–water partition coefficient (Wildman–Crippen LogP) is 3.02. The van der Waals surface area contributed by atoms with E-state index in [2.05, 4.69) is 5.32 Å². The number of nitrogens with zero attached hydrogens (tertiary/aromatic N) is 1.